The molecule has 1 heterocycles. The van der Waals surface area contributed by atoms with Gasteiger partial charge >= 0.3 is 0 Å². The fourth-order valence-corrected chi connectivity index (χ4v) is 2.78. The van der Waals surface area contributed by atoms with Gasteiger partial charge in [-0.2, -0.15) is 0 Å². The molecule has 1 aliphatic rings. The first-order valence-corrected chi connectivity index (χ1v) is 7.02. The van der Waals surface area contributed by atoms with Gasteiger partial charge in [-0.15, -0.1) is 0 Å². The molecule has 0 aliphatic carbocycles. The molecule has 3 rings (SSSR count). The summed E-state index contributed by atoms with van der Waals surface area (Å²) in [5, 5.41) is 10.3. The molecular formula is C17H18N2O2. The Morgan fingerprint density at radius 3 is 2.24 bits per heavy atom. The van der Waals surface area contributed by atoms with E-state index in [1.807, 2.05) is 60.7 Å². The Hall–Kier alpha value is -2.17. The molecule has 21 heavy (non-hydrogen) atoms. The van der Waals surface area contributed by atoms with E-state index in [0.29, 0.717) is 0 Å². The van der Waals surface area contributed by atoms with E-state index >= 15 is 0 Å². The van der Waals surface area contributed by atoms with Gasteiger partial charge in [0.2, 0.25) is 5.91 Å². The van der Waals surface area contributed by atoms with Crippen molar-refractivity contribution in [2.45, 2.75) is 18.2 Å². The number of aliphatic hydroxyl groups is 1. The Morgan fingerprint density at radius 1 is 1.05 bits per heavy atom. The maximum atomic E-state index is 12.0. The second kappa shape index (κ2) is 5.68. The highest BCUT2D eigenvalue weighted by Gasteiger charge is 2.46. The maximum absolute atomic E-state index is 12.0. The molecule has 0 aromatic heterocycles. The first-order chi connectivity index (χ1) is 10.2. The van der Waals surface area contributed by atoms with Gasteiger partial charge in [-0.3, -0.25) is 4.79 Å². The van der Waals surface area contributed by atoms with Crippen molar-refractivity contribution in [2.24, 2.45) is 5.73 Å². The van der Waals surface area contributed by atoms with Crippen LogP contribution in [0.4, 0.5) is 0 Å². The van der Waals surface area contributed by atoms with Gasteiger partial charge in [0.15, 0.2) is 0 Å². The predicted octanol–water partition coefficient (Wildman–Crippen LogP) is 1.63. The quantitative estimate of drug-likeness (QED) is 0.838. The van der Waals surface area contributed by atoms with Gasteiger partial charge < -0.3 is 15.7 Å². The number of hydrogen-bond acceptors (Lipinski definition) is 3. The summed E-state index contributed by atoms with van der Waals surface area (Å²) in [6, 6.07) is 18.4. The molecule has 3 N–H and O–H groups in total. The fourth-order valence-electron chi connectivity index (χ4n) is 2.78. The zero-order valence-electron chi connectivity index (χ0n) is 11.6. The van der Waals surface area contributed by atoms with Crippen molar-refractivity contribution in [1.82, 2.24) is 4.90 Å². The average molecular weight is 282 g/mol. The summed E-state index contributed by atoms with van der Waals surface area (Å²) in [7, 11) is 0. The van der Waals surface area contributed by atoms with Crippen LogP contribution in [-0.2, 0) is 4.79 Å². The van der Waals surface area contributed by atoms with Crippen LogP contribution in [0.15, 0.2) is 60.7 Å². The summed E-state index contributed by atoms with van der Waals surface area (Å²) in [5.74, 6) is -0.112. The number of nitrogens with two attached hydrogens (primary N) is 1. The van der Waals surface area contributed by atoms with Crippen LogP contribution in [0.2, 0.25) is 0 Å². The van der Waals surface area contributed by atoms with E-state index in [1.165, 1.54) is 0 Å². The Kier molecular flexibility index (Phi) is 3.73. The van der Waals surface area contributed by atoms with Crippen LogP contribution in [0.5, 0.6) is 0 Å². The number of carbonyl (C=O) groups excluding carboxylic acids is 1. The summed E-state index contributed by atoms with van der Waals surface area (Å²) >= 11 is 0. The third kappa shape index (κ3) is 2.55. The normalized spacial score (nSPS) is 22.8. The zero-order valence-corrected chi connectivity index (χ0v) is 11.6. The van der Waals surface area contributed by atoms with Crippen LogP contribution >= 0.6 is 0 Å². The molecule has 0 bridgehead atoms. The SMILES string of the molecule is NC1C(=O)N(CC(O)c2ccccc2)C1c1ccccc1. The molecule has 2 aromatic carbocycles. The van der Waals surface area contributed by atoms with Crippen molar-refractivity contribution in [1.29, 1.82) is 0 Å². The number of carbonyl (C=O) groups is 1. The Balaban J connectivity index is 1.76. The second-order valence-corrected chi connectivity index (χ2v) is 5.30. The molecule has 4 nitrogen and oxygen atoms in total. The highest BCUT2D eigenvalue weighted by atomic mass is 16.3. The topological polar surface area (TPSA) is 66.6 Å². The number of benzene rings is 2. The van der Waals surface area contributed by atoms with E-state index < -0.39 is 12.1 Å². The van der Waals surface area contributed by atoms with Gasteiger partial charge in [0.1, 0.15) is 6.04 Å². The van der Waals surface area contributed by atoms with Gasteiger partial charge in [-0.25, -0.2) is 0 Å². The predicted molar refractivity (Wildman–Crippen MR) is 80.3 cm³/mol. The van der Waals surface area contributed by atoms with Crippen LogP contribution in [0, 0.1) is 0 Å². The van der Waals surface area contributed by atoms with Crippen molar-refractivity contribution >= 4 is 5.91 Å². The maximum Gasteiger partial charge on any atom is 0.242 e. The molecule has 0 saturated carbocycles. The number of hydrogen-bond donors (Lipinski definition) is 2. The third-order valence-corrected chi connectivity index (χ3v) is 3.94. The molecule has 0 spiro atoms. The molecular weight excluding hydrogens is 264 g/mol. The van der Waals surface area contributed by atoms with Crippen molar-refractivity contribution in [3.63, 3.8) is 0 Å². The van der Waals surface area contributed by atoms with Crippen LogP contribution in [0.25, 0.3) is 0 Å². The van der Waals surface area contributed by atoms with E-state index in [0.717, 1.165) is 11.1 Å². The summed E-state index contributed by atoms with van der Waals surface area (Å²) in [4.78, 5) is 13.7. The van der Waals surface area contributed by atoms with Crippen molar-refractivity contribution in [2.75, 3.05) is 6.54 Å². The first-order valence-electron chi connectivity index (χ1n) is 7.02. The van der Waals surface area contributed by atoms with Gasteiger partial charge in [0, 0.05) is 0 Å². The smallest absolute Gasteiger partial charge is 0.242 e. The minimum Gasteiger partial charge on any atom is -0.387 e. The van der Waals surface area contributed by atoms with Crippen LogP contribution in [0.3, 0.4) is 0 Å². The largest absolute Gasteiger partial charge is 0.387 e. The molecule has 1 amide bonds. The van der Waals surface area contributed by atoms with Crippen molar-refractivity contribution < 1.29 is 9.90 Å². The summed E-state index contributed by atoms with van der Waals surface area (Å²) in [6.07, 6.45) is -0.700. The Morgan fingerprint density at radius 2 is 1.62 bits per heavy atom. The summed E-state index contributed by atoms with van der Waals surface area (Å²) < 4.78 is 0. The second-order valence-electron chi connectivity index (χ2n) is 5.30. The molecule has 108 valence electrons. The minimum absolute atomic E-state index is 0.112. The van der Waals surface area contributed by atoms with Crippen LogP contribution in [-0.4, -0.2) is 28.5 Å². The number of β-amino-alcohol motifs (C(OH)–C–C–N with tert-alkyl or cyclic N) is 1. The highest BCUT2D eigenvalue weighted by Crippen LogP contribution is 2.35. The van der Waals surface area contributed by atoms with Gasteiger partial charge in [-0.1, -0.05) is 60.7 Å². The average Bonchev–Trinajstić information content (AvgIpc) is 2.55. The van der Waals surface area contributed by atoms with Crippen molar-refractivity contribution in [3.8, 4) is 0 Å². The molecule has 2 aromatic rings. The summed E-state index contributed by atoms with van der Waals surface area (Å²) in [6.45, 7) is 0.260. The molecule has 3 unspecified atom stereocenters. The van der Waals surface area contributed by atoms with E-state index in [2.05, 4.69) is 0 Å². The molecule has 1 aliphatic heterocycles. The summed E-state index contributed by atoms with van der Waals surface area (Å²) in [5.41, 5.74) is 7.74. The van der Waals surface area contributed by atoms with Gasteiger partial charge in [0.05, 0.1) is 18.7 Å². The van der Waals surface area contributed by atoms with E-state index in [1.54, 1.807) is 4.90 Å². The molecule has 3 atom stereocenters. The highest BCUT2D eigenvalue weighted by molar-refractivity contribution is 5.89. The Labute approximate surface area is 123 Å². The minimum atomic E-state index is -0.700. The number of rotatable bonds is 4. The standard InChI is InChI=1S/C17H18N2O2/c18-15-16(13-9-5-2-6-10-13)19(17(15)21)11-14(20)12-7-3-1-4-8-12/h1-10,14-16,20H,11,18H2. The number of β-lactam (4-membered cyclic amide) rings is 1. The lowest BCUT2D eigenvalue weighted by atomic mass is 9.88. The zero-order chi connectivity index (χ0) is 14.8. The van der Waals surface area contributed by atoms with E-state index in [4.69, 9.17) is 5.73 Å². The number of aliphatic hydroxyl groups excluding tert-OH is 1. The molecule has 1 fully saturated rings. The number of amides is 1. The molecule has 1 saturated heterocycles. The molecule has 4 heteroatoms. The Bertz CT molecular complexity index is 615. The third-order valence-electron chi connectivity index (χ3n) is 3.94. The van der Waals surface area contributed by atoms with Crippen LogP contribution in [0.1, 0.15) is 23.3 Å². The lowest BCUT2D eigenvalue weighted by Crippen LogP contribution is -2.63. The van der Waals surface area contributed by atoms with Gasteiger partial charge in [0.25, 0.3) is 0 Å². The monoisotopic (exact) mass is 282 g/mol. The van der Waals surface area contributed by atoms with Gasteiger partial charge in [-0.05, 0) is 11.1 Å². The fraction of sp³-hybridized carbons (Fsp3) is 0.235. The van der Waals surface area contributed by atoms with Crippen LogP contribution < -0.4 is 5.73 Å². The lowest BCUT2D eigenvalue weighted by Gasteiger charge is -2.46. The lowest BCUT2D eigenvalue weighted by molar-refractivity contribution is -0.152. The van der Waals surface area contributed by atoms with E-state index in [9.17, 15) is 9.90 Å². The van der Waals surface area contributed by atoms with Crippen molar-refractivity contribution in [3.05, 3.63) is 71.8 Å². The molecule has 0 radical (unpaired) electrons. The first kappa shape index (κ1) is 13.8. The number of nitrogens with zero attached hydrogens (tertiary/aromatic N) is 1. The van der Waals surface area contributed by atoms with E-state index in [-0.39, 0.29) is 18.5 Å². The number of likely N-dealkylation sites (tertiary alicyclic amines) is 1.